The SMILES string of the molecule is CC(C)(C)c1cc2c3cccc4c5cccc6c7cc(C(C)(C)C)cc8c9cccc%10c%11cccc%12c(c1)c2c1c(c43)c(c56)c(c78)c(c%109)c1c%11%12. The van der Waals surface area contributed by atoms with E-state index in [1.807, 2.05) is 0 Å². The van der Waals surface area contributed by atoms with Gasteiger partial charge in [-0.2, -0.15) is 0 Å². The van der Waals surface area contributed by atoms with E-state index >= 15 is 0 Å². The molecule has 50 heavy (non-hydrogen) atoms. The van der Waals surface area contributed by atoms with Gasteiger partial charge in [-0.1, -0.05) is 114 Å². The summed E-state index contributed by atoms with van der Waals surface area (Å²) >= 11 is 0. The maximum atomic E-state index is 2.54. The summed E-state index contributed by atoms with van der Waals surface area (Å²) in [5.41, 5.74) is 2.84. The van der Waals surface area contributed by atoms with E-state index in [9.17, 15) is 0 Å². The minimum Gasteiger partial charge on any atom is -0.0610 e. The summed E-state index contributed by atoms with van der Waals surface area (Å²) in [6.45, 7) is 14.2. The molecule has 0 N–H and O–H groups in total. The third kappa shape index (κ3) is 2.65. The third-order valence-electron chi connectivity index (χ3n) is 13.0. The zero-order valence-corrected chi connectivity index (χ0v) is 29.2. The molecular weight excluding hydrogens is 601 g/mol. The van der Waals surface area contributed by atoms with Crippen LogP contribution in [-0.2, 0) is 10.8 Å². The number of benzene rings is 13. The van der Waals surface area contributed by atoms with Crippen LogP contribution in [0.25, 0.3) is 129 Å². The van der Waals surface area contributed by atoms with E-state index in [2.05, 4.69) is 139 Å². The standard InChI is InChI=1S/C50H34/c1-49(2,3)23-19-33-29-15-7-11-25-27-13-9-17-31-35-21-24(50(4,5)6)22-36-32-18-10-14-28-26-12-8-16-30-34(20-23)41(33)47-43(37(25)29)45(39(27)31)48(42(35)36)46(40(28)32)44(47)38(26)30/h7-22H,1-6H3. The molecule has 0 aliphatic carbocycles. The van der Waals surface area contributed by atoms with Gasteiger partial charge in [0, 0.05) is 0 Å². The first-order chi connectivity index (χ1) is 24.1. The normalized spacial score (nSPS) is 14.2. The van der Waals surface area contributed by atoms with E-state index in [1.165, 1.54) is 140 Å². The summed E-state index contributed by atoms with van der Waals surface area (Å²) < 4.78 is 0. The van der Waals surface area contributed by atoms with Gasteiger partial charge in [0.15, 0.2) is 0 Å². The first-order valence-corrected chi connectivity index (χ1v) is 18.3. The molecule has 0 saturated carbocycles. The fraction of sp³-hybridized carbons (Fsp3) is 0.160. The maximum Gasteiger partial charge on any atom is -0.0000473 e. The van der Waals surface area contributed by atoms with Gasteiger partial charge in [0.1, 0.15) is 0 Å². The van der Waals surface area contributed by atoms with E-state index in [0.29, 0.717) is 0 Å². The van der Waals surface area contributed by atoms with E-state index in [-0.39, 0.29) is 10.8 Å². The van der Waals surface area contributed by atoms with Crippen molar-refractivity contribution >= 4 is 129 Å². The van der Waals surface area contributed by atoms with Gasteiger partial charge in [-0.3, -0.25) is 0 Å². The molecule has 0 atom stereocenters. The van der Waals surface area contributed by atoms with Crippen LogP contribution in [0.5, 0.6) is 0 Å². The second kappa shape index (κ2) is 7.79. The summed E-state index contributed by atoms with van der Waals surface area (Å²) in [6.07, 6.45) is 0. The van der Waals surface area contributed by atoms with Gasteiger partial charge < -0.3 is 0 Å². The molecule has 0 aromatic heterocycles. The second-order valence-electron chi connectivity index (χ2n) is 17.6. The fourth-order valence-electron chi connectivity index (χ4n) is 10.9. The molecule has 0 aliphatic rings. The summed E-state index contributed by atoms with van der Waals surface area (Å²) in [4.78, 5) is 0. The van der Waals surface area contributed by atoms with E-state index < -0.39 is 0 Å². The Morgan fingerprint density at radius 1 is 0.240 bits per heavy atom. The number of hydrogen-bond acceptors (Lipinski definition) is 0. The molecule has 0 nitrogen and oxygen atoms in total. The molecule has 0 heteroatoms. The van der Waals surface area contributed by atoms with Crippen molar-refractivity contribution < 1.29 is 0 Å². The monoisotopic (exact) mass is 634 g/mol. The average molecular weight is 635 g/mol. The van der Waals surface area contributed by atoms with Crippen molar-refractivity contribution in [1.29, 1.82) is 0 Å². The van der Waals surface area contributed by atoms with Crippen LogP contribution in [0.2, 0.25) is 0 Å². The first kappa shape index (κ1) is 26.4. The van der Waals surface area contributed by atoms with Gasteiger partial charge >= 0.3 is 0 Å². The molecule has 13 aromatic rings. The highest BCUT2D eigenvalue weighted by atomic mass is 14.3. The molecule has 0 bridgehead atoms. The highest BCUT2D eigenvalue weighted by Crippen LogP contribution is 2.60. The quantitative estimate of drug-likeness (QED) is 0.115. The molecular formula is C50H34. The van der Waals surface area contributed by atoms with Crippen LogP contribution in [0.1, 0.15) is 52.7 Å². The van der Waals surface area contributed by atoms with Gasteiger partial charge in [-0.15, -0.1) is 0 Å². The van der Waals surface area contributed by atoms with Crippen molar-refractivity contribution in [3.8, 4) is 0 Å². The Balaban J connectivity index is 1.53. The van der Waals surface area contributed by atoms with Crippen molar-refractivity contribution in [3.05, 3.63) is 108 Å². The molecule has 0 heterocycles. The molecule has 0 saturated heterocycles. The predicted octanol–water partition coefficient (Wildman–Crippen LogP) is 14.7. The van der Waals surface area contributed by atoms with E-state index in [1.54, 1.807) is 0 Å². The zero-order chi connectivity index (χ0) is 33.3. The smallest absolute Gasteiger partial charge is 0.0000473 e. The summed E-state index contributed by atoms with van der Waals surface area (Å²) in [5, 5.41) is 34.2. The highest BCUT2D eigenvalue weighted by Gasteiger charge is 2.32. The molecule has 0 unspecified atom stereocenters. The Kier molecular flexibility index (Phi) is 4.12. The lowest BCUT2D eigenvalue weighted by atomic mass is 9.72. The summed E-state index contributed by atoms with van der Waals surface area (Å²) in [7, 11) is 0. The maximum absolute atomic E-state index is 2.54. The number of hydrogen-bond donors (Lipinski definition) is 0. The van der Waals surface area contributed by atoms with Crippen molar-refractivity contribution in [2.75, 3.05) is 0 Å². The van der Waals surface area contributed by atoms with Crippen molar-refractivity contribution in [2.45, 2.75) is 52.4 Å². The Morgan fingerprint density at radius 3 is 0.620 bits per heavy atom. The first-order valence-electron chi connectivity index (χ1n) is 18.3. The van der Waals surface area contributed by atoms with Gasteiger partial charge in [-0.05, 0) is 175 Å². The minimum atomic E-state index is 0.0205. The van der Waals surface area contributed by atoms with Crippen molar-refractivity contribution in [2.24, 2.45) is 0 Å². The second-order valence-corrected chi connectivity index (χ2v) is 17.6. The molecule has 13 aromatic carbocycles. The molecule has 0 spiro atoms. The summed E-state index contributed by atoms with van der Waals surface area (Å²) in [5.74, 6) is 0. The Bertz CT molecular complexity index is 3120. The molecule has 0 amide bonds. The molecule has 13 rings (SSSR count). The van der Waals surface area contributed by atoms with Gasteiger partial charge in [0.05, 0.1) is 0 Å². The lowest BCUT2D eigenvalue weighted by Gasteiger charge is -2.30. The fourth-order valence-corrected chi connectivity index (χ4v) is 10.9. The van der Waals surface area contributed by atoms with Crippen molar-refractivity contribution in [3.63, 3.8) is 0 Å². The Morgan fingerprint density at radius 2 is 0.420 bits per heavy atom. The zero-order valence-electron chi connectivity index (χ0n) is 29.2. The van der Waals surface area contributed by atoms with Crippen LogP contribution in [-0.4, -0.2) is 0 Å². The van der Waals surface area contributed by atoms with Gasteiger partial charge in [-0.25, -0.2) is 0 Å². The van der Waals surface area contributed by atoms with E-state index in [4.69, 9.17) is 0 Å². The lowest BCUT2D eigenvalue weighted by Crippen LogP contribution is -2.11. The van der Waals surface area contributed by atoms with Crippen molar-refractivity contribution in [1.82, 2.24) is 0 Å². The third-order valence-corrected chi connectivity index (χ3v) is 13.0. The van der Waals surface area contributed by atoms with Crippen LogP contribution in [0, 0.1) is 0 Å². The number of fused-ring (bicyclic) bond motifs is 6. The van der Waals surface area contributed by atoms with Crippen LogP contribution >= 0.6 is 0 Å². The van der Waals surface area contributed by atoms with E-state index in [0.717, 1.165) is 0 Å². The van der Waals surface area contributed by atoms with Crippen LogP contribution < -0.4 is 0 Å². The lowest BCUT2D eigenvalue weighted by molar-refractivity contribution is 0.591. The number of rotatable bonds is 0. The molecule has 0 aliphatic heterocycles. The predicted molar refractivity (Wildman–Crippen MR) is 221 cm³/mol. The van der Waals surface area contributed by atoms with Crippen LogP contribution in [0.3, 0.4) is 0 Å². The topological polar surface area (TPSA) is 0 Å². The molecule has 234 valence electrons. The Labute approximate surface area is 288 Å². The van der Waals surface area contributed by atoms with Gasteiger partial charge in [0.2, 0.25) is 0 Å². The molecule has 0 radical (unpaired) electrons. The summed E-state index contributed by atoms with van der Waals surface area (Å²) in [6, 6.07) is 38.7. The average Bonchev–Trinajstić information content (AvgIpc) is 3.11. The minimum absolute atomic E-state index is 0.0205. The van der Waals surface area contributed by atoms with Crippen LogP contribution in [0.15, 0.2) is 97.1 Å². The Hall–Kier alpha value is -5.46. The largest absolute Gasteiger partial charge is 0.0610 e. The van der Waals surface area contributed by atoms with Gasteiger partial charge in [0.25, 0.3) is 0 Å². The molecule has 0 fully saturated rings. The van der Waals surface area contributed by atoms with Crippen LogP contribution in [0.4, 0.5) is 0 Å². The highest BCUT2D eigenvalue weighted by molar-refractivity contribution is 6.61.